The van der Waals surface area contributed by atoms with E-state index in [2.05, 4.69) is 15.2 Å². The molecule has 0 aromatic carbocycles. The van der Waals surface area contributed by atoms with Crippen molar-refractivity contribution in [1.29, 1.82) is 0 Å². The van der Waals surface area contributed by atoms with Crippen LogP contribution in [0.2, 0.25) is 0 Å². The highest BCUT2D eigenvalue weighted by Gasteiger charge is 2.39. The van der Waals surface area contributed by atoms with Gasteiger partial charge in [0.05, 0.1) is 12.8 Å². The standard InChI is InChI=1S/C13H19F3N4O3/c1-8-10(13(14,15)16)11(20(3)18-8)17-9(21)6-5-7-19(2)12(22)23-4/h5-7H2,1-4H3,(H,17,21). The zero-order chi connectivity index (χ0) is 17.8. The Hall–Kier alpha value is -2.26. The molecule has 0 aliphatic heterocycles. The van der Waals surface area contributed by atoms with Crippen LogP contribution >= 0.6 is 0 Å². The fourth-order valence-corrected chi connectivity index (χ4v) is 2.06. The molecule has 7 nitrogen and oxygen atoms in total. The van der Waals surface area contributed by atoms with Gasteiger partial charge < -0.3 is 15.0 Å². The van der Waals surface area contributed by atoms with Gasteiger partial charge in [0.1, 0.15) is 11.4 Å². The normalized spacial score (nSPS) is 11.3. The minimum absolute atomic E-state index is 0.0388. The Balaban J connectivity index is 2.67. The van der Waals surface area contributed by atoms with E-state index in [0.29, 0.717) is 0 Å². The second-order valence-corrected chi connectivity index (χ2v) is 4.97. The Morgan fingerprint density at radius 2 is 2.00 bits per heavy atom. The molecule has 0 atom stereocenters. The molecule has 1 aromatic rings. The summed E-state index contributed by atoms with van der Waals surface area (Å²) in [5.41, 5.74) is -1.17. The minimum atomic E-state index is -4.61. The molecule has 0 bridgehead atoms. The molecule has 1 heterocycles. The summed E-state index contributed by atoms with van der Waals surface area (Å²) in [7, 11) is 4.05. The average molecular weight is 336 g/mol. The fourth-order valence-electron chi connectivity index (χ4n) is 2.06. The highest BCUT2D eigenvalue weighted by molar-refractivity contribution is 5.90. The number of aryl methyl sites for hydroxylation is 2. The van der Waals surface area contributed by atoms with Crippen molar-refractivity contribution in [3.63, 3.8) is 0 Å². The molecule has 0 aliphatic rings. The van der Waals surface area contributed by atoms with Crippen LogP contribution in [0.15, 0.2) is 0 Å². The van der Waals surface area contributed by atoms with Gasteiger partial charge in [-0.25, -0.2) is 4.79 Å². The van der Waals surface area contributed by atoms with Gasteiger partial charge in [-0.15, -0.1) is 0 Å². The molecular formula is C13H19F3N4O3. The van der Waals surface area contributed by atoms with Crippen molar-refractivity contribution in [3.05, 3.63) is 11.3 Å². The SMILES string of the molecule is COC(=O)N(C)CCCC(=O)Nc1c(C(F)(F)F)c(C)nn1C. The number of rotatable bonds is 5. The van der Waals surface area contributed by atoms with E-state index < -0.39 is 23.7 Å². The van der Waals surface area contributed by atoms with Gasteiger partial charge in [0.2, 0.25) is 5.91 Å². The van der Waals surface area contributed by atoms with Gasteiger partial charge in [0, 0.05) is 27.1 Å². The molecule has 0 spiro atoms. The lowest BCUT2D eigenvalue weighted by atomic mass is 10.2. The number of alkyl halides is 3. The summed E-state index contributed by atoms with van der Waals surface area (Å²) in [6.45, 7) is 1.47. The molecule has 0 radical (unpaired) electrons. The Labute approximate surface area is 131 Å². The van der Waals surface area contributed by atoms with E-state index in [4.69, 9.17) is 0 Å². The maximum atomic E-state index is 13.0. The Kier molecular flexibility index (Phi) is 5.99. The molecule has 0 saturated carbocycles. The van der Waals surface area contributed by atoms with Crippen molar-refractivity contribution < 1.29 is 27.5 Å². The number of ether oxygens (including phenoxy) is 1. The summed E-state index contributed by atoms with van der Waals surface area (Å²) in [6.07, 6.45) is -4.91. The van der Waals surface area contributed by atoms with Crippen LogP contribution in [-0.4, -0.2) is 47.4 Å². The Bertz CT molecular complexity index is 584. The summed E-state index contributed by atoms with van der Waals surface area (Å²) in [6, 6.07) is 0. The number of amides is 2. The van der Waals surface area contributed by atoms with Gasteiger partial charge in [-0.3, -0.25) is 9.48 Å². The van der Waals surface area contributed by atoms with Gasteiger partial charge in [-0.2, -0.15) is 18.3 Å². The van der Waals surface area contributed by atoms with E-state index in [0.717, 1.165) is 4.68 Å². The first kappa shape index (κ1) is 18.8. The molecule has 0 aliphatic carbocycles. The van der Waals surface area contributed by atoms with Gasteiger partial charge in [0.15, 0.2) is 0 Å². The lowest BCUT2D eigenvalue weighted by Gasteiger charge is -2.15. The largest absolute Gasteiger partial charge is 0.453 e. The van der Waals surface area contributed by atoms with E-state index >= 15 is 0 Å². The van der Waals surface area contributed by atoms with Crippen LogP contribution in [-0.2, 0) is 22.8 Å². The van der Waals surface area contributed by atoms with Crippen LogP contribution in [0.5, 0.6) is 0 Å². The van der Waals surface area contributed by atoms with Crippen molar-refractivity contribution in [2.24, 2.45) is 7.05 Å². The van der Waals surface area contributed by atoms with E-state index in [1.807, 2.05) is 0 Å². The molecule has 10 heteroatoms. The first-order valence-electron chi connectivity index (χ1n) is 6.77. The molecular weight excluding hydrogens is 317 g/mol. The lowest BCUT2D eigenvalue weighted by Crippen LogP contribution is -2.28. The van der Waals surface area contributed by atoms with Gasteiger partial charge >= 0.3 is 12.3 Å². The predicted molar refractivity (Wildman–Crippen MR) is 75.8 cm³/mol. The number of methoxy groups -OCH3 is 1. The maximum absolute atomic E-state index is 13.0. The number of hydrogen-bond donors (Lipinski definition) is 1. The first-order chi connectivity index (χ1) is 10.6. The summed E-state index contributed by atoms with van der Waals surface area (Å²) >= 11 is 0. The van der Waals surface area contributed by atoms with Crippen molar-refractivity contribution in [2.75, 3.05) is 26.0 Å². The number of anilines is 1. The second-order valence-electron chi connectivity index (χ2n) is 4.97. The third-order valence-corrected chi connectivity index (χ3v) is 3.15. The van der Waals surface area contributed by atoms with Crippen LogP contribution in [0.4, 0.5) is 23.8 Å². The zero-order valence-corrected chi connectivity index (χ0v) is 13.3. The van der Waals surface area contributed by atoms with Crippen LogP contribution in [0.1, 0.15) is 24.1 Å². The summed E-state index contributed by atoms with van der Waals surface area (Å²) < 4.78 is 44.5. The molecule has 130 valence electrons. The van der Waals surface area contributed by atoms with Crippen LogP contribution < -0.4 is 5.32 Å². The smallest absolute Gasteiger partial charge is 0.421 e. The molecule has 1 rings (SSSR count). The number of carbonyl (C=O) groups is 2. The molecule has 0 unspecified atom stereocenters. The van der Waals surface area contributed by atoms with Crippen molar-refractivity contribution >= 4 is 17.8 Å². The van der Waals surface area contributed by atoms with Crippen molar-refractivity contribution in [2.45, 2.75) is 25.9 Å². The minimum Gasteiger partial charge on any atom is -0.453 e. The summed E-state index contributed by atoms with van der Waals surface area (Å²) in [4.78, 5) is 24.2. The number of nitrogens with one attached hydrogen (secondary N) is 1. The molecule has 23 heavy (non-hydrogen) atoms. The van der Waals surface area contributed by atoms with Gasteiger partial charge in [-0.1, -0.05) is 0 Å². The molecule has 0 saturated heterocycles. The Morgan fingerprint density at radius 1 is 1.39 bits per heavy atom. The lowest BCUT2D eigenvalue weighted by molar-refractivity contribution is -0.137. The van der Waals surface area contributed by atoms with Gasteiger partial charge in [0.25, 0.3) is 0 Å². The molecule has 1 aromatic heterocycles. The van der Waals surface area contributed by atoms with E-state index in [9.17, 15) is 22.8 Å². The van der Waals surface area contributed by atoms with Crippen molar-refractivity contribution in [1.82, 2.24) is 14.7 Å². The third kappa shape index (κ3) is 4.86. The van der Waals surface area contributed by atoms with Crippen LogP contribution in [0, 0.1) is 6.92 Å². The van der Waals surface area contributed by atoms with E-state index in [-0.39, 0.29) is 30.9 Å². The number of halogens is 3. The number of hydrogen-bond acceptors (Lipinski definition) is 4. The monoisotopic (exact) mass is 336 g/mol. The predicted octanol–water partition coefficient (Wildman–Crippen LogP) is 2.16. The number of carbonyl (C=O) groups excluding carboxylic acids is 2. The number of aromatic nitrogens is 2. The van der Waals surface area contributed by atoms with Crippen LogP contribution in [0.3, 0.4) is 0 Å². The van der Waals surface area contributed by atoms with Crippen LogP contribution in [0.25, 0.3) is 0 Å². The number of nitrogens with zero attached hydrogens (tertiary/aromatic N) is 3. The first-order valence-corrected chi connectivity index (χ1v) is 6.77. The topological polar surface area (TPSA) is 76.5 Å². The van der Waals surface area contributed by atoms with E-state index in [1.54, 1.807) is 0 Å². The Morgan fingerprint density at radius 3 is 2.52 bits per heavy atom. The van der Waals surface area contributed by atoms with E-state index in [1.165, 1.54) is 33.0 Å². The quantitative estimate of drug-likeness (QED) is 0.894. The summed E-state index contributed by atoms with van der Waals surface area (Å²) in [5, 5.41) is 5.92. The molecule has 1 N–H and O–H groups in total. The molecule has 0 fully saturated rings. The highest BCUT2D eigenvalue weighted by Crippen LogP contribution is 2.36. The maximum Gasteiger partial charge on any atom is 0.421 e. The zero-order valence-electron chi connectivity index (χ0n) is 13.3. The fraction of sp³-hybridized carbons (Fsp3) is 0.615. The highest BCUT2D eigenvalue weighted by atomic mass is 19.4. The van der Waals surface area contributed by atoms with Gasteiger partial charge in [-0.05, 0) is 13.3 Å². The third-order valence-electron chi connectivity index (χ3n) is 3.15. The van der Waals surface area contributed by atoms with Crippen molar-refractivity contribution in [3.8, 4) is 0 Å². The molecule has 2 amide bonds. The summed E-state index contributed by atoms with van der Waals surface area (Å²) in [5.74, 6) is -0.974. The second kappa shape index (κ2) is 7.34. The average Bonchev–Trinajstić information content (AvgIpc) is 2.71.